The molecule has 6 nitrogen and oxygen atoms in total. The maximum absolute atomic E-state index is 11.6. The van der Waals surface area contributed by atoms with E-state index in [9.17, 15) is 13.2 Å². The highest BCUT2D eigenvalue weighted by Crippen LogP contribution is 2.16. The van der Waals surface area contributed by atoms with Crippen molar-refractivity contribution >= 4 is 25.6 Å². The van der Waals surface area contributed by atoms with Crippen molar-refractivity contribution in [3.63, 3.8) is 0 Å². The largest absolute Gasteiger partial charge is 0.354 e. The normalized spacial score (nSPS) is 11.8. The summed E-state index contributed by atoms with van der Waals surface area (Å²) in [5.41, 5.74) is 0. The fourth-order valence-electron chi connectivity index (χ4n) is 1.78. The van der Waals surface area contributed by atoms with Crippen LogP contribution in [0, 0.1) is 0 Å². The summed E-state index contributed by atoms with van der Waals surface area (Å²) in [5.74, 6) is 0.551. The van der Waals surface area contributed by atoms with Crippen molar-refractivity contribution < 1.29 is 13.2 Å². The molecular formula is C12H20ClN3O3S. The Morgan fingerprint density at radius 2 is 2.15 bits per heavy atom. The van der Waals surface area contributed by atoms with Crippen LogP contribution in [-0.2, 0) is 26.8 Å². The summed E-state index contributed by atoms with van der Waals surface area (Å²) in [6, 6.07) is 0.0826. The molecule has 1 aromatic rings. The Hall–Kier alpha value is -1.08. The molecule has 0 aliphatic rings. The van der Waals surface area contributed by atoms with Gasteiger partial charge in [0, 0.05) is 42.3 Å². The Morgan fingerprint density at radius 1 is 1.50 bits per heavy atom. The van der Waals surface area contributed by atoms with E-state index >= 15 is 0 Å². The first-order chi connectivity index (χ1) is 9.24. The summed E-state index contributed by atoms with van der Waals surface area (Å²) in [5, 5.41) is 2.62. The number of amides is 1. The number of imidazole rings is 1. The van der Waals surface area contributed by atoms with Crippen LogP contribution in [0.2, 0.25) is 0 Å². The van der Waals surface area contributed by atoms with E-state index in [4.69, 9.17) is 10.7 Å². The van der Waals surface area contributed by atoms with E-state index in [1.807, 2.05) is 20.8 Å². The lowest BCUT2D eigenvalue weighted by Gasteiger charge is -2.09. The van der Waals surface area contributed by atoms with Crippen LogP contribution < -0.4 is 5.32 Å². The van der Waals surface area contributed by atoms with Crippen molar-refractivity contribution in [3.05, 3.63) is 12.0 Å². The molecule has 0 bridgehead atoms. The Labute approximate surface area is 123 Å². The second-order valence-corrected chi connectivity index (χ2v) is 7.36. The molecule has 0 atom stereocenters. The van der Waals surface area contributed by atoms with Gasteiger partial charge >= 0.3 is 0 Å². The molecule has 1 aromatic heterocycles. The lowest BCUT2D eigenvalue weighted by atomic mass is 10.3. The smallest absolute Gasteiger partial charge is 0.280 e. The van der Waals surface area contributed by atoms with Gasteiger partial charge in [-0.1, -0.05) is 6.92 Å². The number of hydrogen-bond acceptors (Lipinski definition) is 4. The van der Waals surface area contributed by atoms with Gasteiger partial charge in [-0.05, 0) is 20.3 Å². The quantitative estimate of drug-likeness (QED) is 0.775. The van der Waals surface area contributed by atoms with E-state index in [1.54, 1.807) is 4.57 Å². The highest BCUT2D eigenvalue weighted by molar-refractivity contribution is 8.13. The van der Waals surface area contributed by atoms with Crippen molar-refractivity contribution in [2.45, 2.75) is 57.6 Å². The van der Waals surface area contributed by atoms with Crippen molar-refractivity contribution in [2.24, 2.45) is 0 Å². The van der Waals surface area contributed by atoms with Crippen molar-refractivity contribution in [1.29, 1.82) is 0 Å². The average Bonchev–Trinajstić information content (AvgIpc) is 2.69. The van der Waals surface area contributed by atoms with Crippen molar-refractivity contribution in [3.8, 4) is 0 Å². The number of carbonyl (C=O) groups excluding carboxylic acids is 1. The van der Waals surface area contributed by atoms with E-state index < -0.39 is 9.05 Å². The monoisotopic (exact) mass is 321 g/mol. The summed E-state index contributed by atoms with van der Waals surface area (Å²) in [6.07, 6.45) is 3.12. The number of nitrogens with zero attached hydrogens (tertiary/aromatic N) is 2. The molecule has 1 N–H and O–H groups in total. The van der Waals surface area contributed by atoms with Crippen LogP contribution in [-0.4, -0.2) is 29.9 Å². The van der Waals surface area contributed by atoms with Crippen LogP contribution in [0.25, 0.3) is 0 Å². The summed E-state index contributed by atoms with van der Waals surface area (Å²) < 4.78 is 24.3. The minimum Gasteiger partial charge on any atom is -0.354 e. The fraction of sp³-hybridized carbons (Fsp3) is 0.667. The van der Waals surface area contributed by atoms with Crippen LogP contribution in [0.4, 0.5) is 0 Å². The van der Waals surface area contributed by atoms with Gasteiger partial charge in [0.2, 0.25) is 5.91 Å². The number of aromatic nitrogens is 2. The molecular weight excluding hydrogens is 302 g/mol. The van der Waals surface area contributed by atoms with E-state index in [2.05, 4.69) is 10.3 Å². The van der Waals surface area contributed by atoms with E-state index in [0.717, 1.165) is 6.42 Å². The van der Waals surface area contributed by atoms with Crippen LogP contribution in [0.1, 0.15) is 39.4 Å². The van der Waals surface area contributed by atoms with Crippen LogP contribution in [0.3, 0.4) is 0 Å². The predicted molar refractivity (Wildman–Crippen MR) is 77.2 cm³/mol. The van der Waals surface area contributed by atoms with Crippen LogP contribution in [0.5, 0.6) is 0 Å². The molecule has 0 spiro atoms. The standard InChI is InChI=1S/C12H20ClN3O3S/c1-4-5-10-15-12(20(13,18)19)8-16(10)7-6-11(17)14-9(2)3/h8-9H,4-7H2,1-3H3,(H,14,17). The zero-order valence-electron chi connectivity index (χ0n) is 11.9. The van der Waals surface area contributed by atoms with Gasteiger partial charge in [-0.15, -0.1) is 0 Å². The highest BCUT2D eigenvalue weighted by Gasteiger charge is 2.18. The number of halogens is 1. The maximum atomic E-state index is 11.6. The number of carbonyl (C=O) groups is 1. The molecule has 0 radical (unpaired) electrons. The molecule has 0 aromatic carbocycles. The highest BCUT2D eigenvalue weighted by atomic mass is 35.7. The van der Waals surface area contributed by atoms with Gasteiger partial charge in [-0.3, -0.25) is 4.79 Å². The summed E-state index contributed by atoms with van der Waals surface area (Å²) in [6.45, 7) is 6.12. The first kappa shape index (κ1) is 17.0. The van der Waals surface area contributed by atoms with Crippen molar-refractivity contribution in [2.75, 3.05) is 0 Å². The lowest BCUT2D eigenvalue weighted by molar-refractivity contribution is -0.121. The molecule has 0 unspecified atom stereocenters. The number of rotatable bonds is 7. The average molecular weight is 322 g/mol. The Bertz CT molecular complexity index is 567. The van der Waals surface area contributed by atoms with E-state index in [1.165, 1.54) is 6.20 Å². The Morgan fingerprint density at radius 3 is 2.65 bits per heavy atom. The minimum absolute atomic E-state index is 0.0774. The second kappa shape index (κ2) is 7.08. The predicted octanol–water partition coefficient (Wildman–Crippen LogP) is 1.68. The molecule has 114 valence electrons. The van der Waals surface area contributed by atoms with Gasteiger partial charge in [0.15, 0.2) is 5.03 Å². The molecule has 20 heavy (non-hydrogen) atoms. The summed E-state index contributed by atoms with van der Waals surface area (Å²) in [7, 11) is 1.45. The van der Waals surface area contributed by atoms with Gasteiger partial charge < -0.3 is 9.88 Å². The maximum Gasteiger partial charge on any atom is 0.280 e. The molecule has 0 saturated heterocycles. The third-order valence-electron chi connectivity index (χ3n) is 2.59. The van der Waals surface area contributed by atoms with Gasteiger partial charge in [0.1, 0.15) is 5.82 Å². The first-order valence-corrected chi connectivity index (χ1v) is 8.85. The Balaban J connectivity index is 2.82. The number of hydrogen-bond donors (Lipinski definition) is 1. The molecule has 8 heteroatoms. The van der Waals surface area contributed by atoms with Crippen molar-refractivity contribution in [1.82, 2.24) is 14.9 Å². The van der Waals surface area contributed by atoms with Gasteiger partial charge in [0.05, 0.1) is 0 Å². The molecule has 1 rings (SSSR count). The summed E-state index contributed by atoms with van der Waals surface area (Å²) >= 11 is 0. The van der Waals surface area contributed by atoms with E-state index in [0.29, 0.717) is 18.8 Å². The summed E-state index contributed by atoms with van der Waals surface area (Å²) in [4.78, 5) is 15.6. The van der Waals surface area contributed by atoms with Crippen LogP contribution >= 0.6 is 10.7 Å². The minimum atomic E-state index is -3.84. The number of nitrogens with one attached hydrogen (secondary N) is 1. The van der Waals surface area contributed by atoms with Gasteiger partial charge in [-0.2, -0.15) is 0 Å². The lowest BCUT2D eigenvalue weighted by Crippen LogP contribution is -2.30. The molecule has 0 saturated carbocycles. The SMILES string of the molecule is CCCc1nc(S(=O)(=O)Cl)cn1CCC(=O)NC(C)C. The molecule has 1 amide bonds. The Kier molecular flexibility index (Phi) is 6.01. The number of aryl methyl sites for hydroxylation is 2. The topological polar surface area (TPSA) is 81.1 Å². The molecule has 0 aliphatic carbocycles. The third kappa shape index (κ3) is 5.13. The van der Waals surface area contributed by atoms with Gasteiger partial charge in [0.25, 0.3) is 9.05 Å². The van der Waals surface area contributed by atoms with E-state index in [-0.39, 0.29) is 23.4 Å². The third-order valence-corrected chi connectivity index (χ3v) is 3.76. The second-order valence-electron chi connectivity index (χ2n) is 4.85. The molecule has 0 fully saturated rings. The zero-order chi connectivity index (χ0) is 15.3. The molecule has 1 heterocycles. The zero-order valence-corrected chi connectivity index (χ0v) is 13.5. The van der Waals surface area contributed by atoms with Crippen LogP contribution in [0.15, 0.2) is 11.2 Å². The fourth-order valence-corrected chi connectivity index (χ4v) is 2.47. The first-order valence-electron chi connectivity index (χ1n) is 6.54. The van der Waals surface area contributed by atoms with Gasteiger partial charge in [-0.25, -0.2) is 13.4 Å². The molecule has 0 aliphatic heterocycles.